The first kappa shape index (κ1) is 18.6. The average molecular weight is 396 g/mol. The Balaban J connectivity index is 0.00000324. The molecule has 2 N–H and O–H groups in total. The summed E-state index contributed by atoms with van der Waals surface area (Å²) in [6, 6.07) is 0.429. The highest BCUT2D eigenvalue weighted by Crippen LogP contribution is 2.18. The van der Waals surface area contributed by atoms with Gasteiger partial charge in [-0.1, -0.05) is 20.8 Å². The third kappa shape index (κ3) is 6.56. The summed E-state index contributed by atoms with van der Waals surface area (Å²) in [5.74, 6) is 1.34. The normalized spacial score (nSPS) is 13.1. The van der Waals surface area contributed by atoms with E-state index < -0.39 is 0 Å². The minimum absolute atomic E-state index is 0. The first-order chi connectivity index (χ1) is 8.56. The van der Waals surface area contributed by atoms with Gasteiger partial charge in [0.1, 0.15) is 0 Å². The van der Waals surface area contributed by atoms with Gasteiger partial charge in [-0.05, 0) is 13.3 Å². The number of thiazole rings is 1. The lowest BCUT2D eigenvalue weighted by molar-refractivity contribution is 0.623. The molecule has 6 heteroatoms. The van der Waals surface area contributed by atoms with E-state index in [-0.39, 0.29) is 24.0 Å². The first-order valence-corrected chi connectivity index (χ1v) is 7.36. The molecule has 0 saturated carbocycles. The zero-order valence-corrected chi connectivity index (χ0v) is 15.5. The molecule has 1 rings (SSSR count). The van der Waals surface area contributed by atoms with Gasteiger partial charge in [0.15, 0.2) is 5.96 Å². The lowest BCUT2D eigenvalue weighted by Crippen LogP contribution is -2.41. The zero-order chi connectivity index (χ0) is 13.5. The van der Waals surface area contributed by atoms with Gasteiger partial charge >= 0.3 is 0 Å². The van der Waals surface area contributed by atoms with E-state index in [2.05, 4.69) is 53.7 Å². The van der Waals surface area contributed by atoms with Crippen LogP contribution in [0.3, 0.4) is 0 Å². The van der Waals surface area contributed by atoms with Crippen molar-refractivity contribution in [3.05, 3.63) is 16.1 Å². The molecule has 1 aromatic rings. The van der Waals surface area contributed by atoms with Crippen LogP contribution in [0, 0.1) is 0 Å². The standard InChI is InChI=1S/C13H24N4S.HI/c1-6-10(4)16-13(14-5)15-7-11-8-18-12(17-11)9(2)3;/h8-10H,6-7H2,1-5H3,(H2,14,15,16);1H. The molecule has 0 aromatic carbocycles. The number of rotatable bonds is 5. The summed E-state index contributed by atoms with van der Waals surface area (Å²) in [5.41, 5.74) is 1.08. The summed E-state index contributed by atoms with van der Waals surface area (Å²) < 4.78 is 0. The van der Waals surface area contributed by atoms with Gasteiger partial charge in [0.25, 0.3) is 0 Å². The van der Waals surface area contributed by atoms with Crippen LogP contribution in [0.1, 0.15) is 50.7 Å². The minimum Gasteiger partial charge on any atom is -0.354 e. The monoisotopic (exact) mass is 396 g/mol. The van der Waals surface area contributed by atoms with E-state index in [9.17, 15) is 0 Å². The Kier molecular flexibility index (Phi) is 9.34. The second-order valence-electron chi connectivity index (χ2n) is 4.71. The lowest BCUT2D eigenvalue weighted by Gasteiger charge is -2.15. The van der Waals surface area contributed by atoms with Gasteiger partial charge in [0.2, 0.25) is 0 Å². The van der Waals surface area contributed by atoms with Crippen molar-refractivity contribution in [1.82, 2.24) is 15.6 Å². The number of guanidine groups is 1. The fourth-order valence-electron chi connectivity index (χ4n) is 1.37. The van der Waals surface area contributed by atoms with Crippen LogP contribution in [0.15, 0.2) is 10.4 Å². The van der Waals surface area contributed by atoms with E-state index in [1.165, 1.54) is 5.01 Å². The Morgan fingerprint density at radius 2 is 2.11 bits per heavy atom. The minimum atomic E-state index is 0. The van der Waals surface area contributed by atoms with Gasteiger partial charge in [-0.3, -0.25) is 4.99 Å². The van der Waals surface area contributed by atoms with Gasteiger partial charge in [-0.2, -0.15) is 0 Å². The van der Waals surface area contributed by atoms with Gasteiger partial charge in [0.05, 0.1) is 17.2 Å². The van der Waals surface area contributed by atoms with Crippen LogP contribution < -0.4 is 10.6 Å². The molecule has 0 spiro atoms. The number of aliphatic imine (C=N–C) groups is 1. The summed E-state index contributed by atoms with van der Waals surface area (Å²) in [7, 11) is 1.79. The van der Waals surface area contributed by atoms with Crippen LogP contribution >= 0.6 is 35.3 Å². The van der Waals surface area contributed by atoms with Crippen LogP contribution in [0.2, 0.25) is 0 Å². The van der Waals surface area contributed by atoms with E-state index in [1.807, 2.05) is 0 Å². The van der Waals surface area contributed by atoms with Crippen molar-refractivity contribution < 1.29 is 0 Å². The topological polar surface area (TPSA) is 49.3 Å². The second-order valence-corrected chi connectivity index (χ2v) is 5.60. The van der Waals surface area contributed by atoms with Crippen LogP contribution in [-0.2, 0) is 6.54 Å². The molecule has 0 radical (unpaired) electrons. The van der Waals surface area contributed by atoms with Crippen molar-refractivity contribution in [2.45, 2.75) is 52.6 Å². The molecule has 0 aliphatic heterocycles. The fraction of sp³-hybridized carbons (Fsp3) is 0.692. The van der Waals surface area contributed by atoms with Crippen molar-refractivity contribution in [2.75, 3.05) is 7.05 Å². The maximum atomic E-state index is 4.59. The maximum Gasteiger partial charge on any atom is 0.191 e. The summed E-state index contributed by atoms with van der Waals surface area (Å²) in [6.07, 6.45) is 1.08. The summed E-state index contributed by atoms with van der Waals surface area (Å²) in [6.45, 7) is 9.35. The van der Waals surface area contributed by atoms with E-state index in [1.54, 1.807) is 18.4 Å². The molecule has 0 aliphatic rings. The number of hydrogen-bond donors (Lipinski definition) is 2. The molecular formula is C13H25IN4S. The molecule has 1 heterocycles. The Morgan fingerprint density at radius 3 is 2.58 bits per heavy atom. The highest BCUT2D eigenvalue weighted by atomic mass is 127. The Hall–Kier alpha value is -0.370. The highest BCUT2D eigenvalue weighted by molar-refractivity contribution is 14.0. The fourth-order valence-corrected chi connectivity index (χ4v) is 2.21. The predicted molar refractivity (Wildman–Crippen MR) is 94.7 cm³/mol. The molecule has 4 nitrogen and oxygen atoms in total. The van der Waals surface area contributed by atoms with E-state index in [0.29, 0.717) is 12.0 Å². The number of nitrogens with one attached hydrogen (secondary N) is 2. The quantitative estimate of drug-likeness (QED) is 0.456. The largest absolute Gasteiger partial charge is 0.354 e. The average Bonchev–Trinajstić information content (AvgIpc) is 2.83. The van der Waals surface area contributed by atoms with Gasteiger partial charge in [0, 0.05) is 24.4 Å². The Morgan fingerprint density at radius 1 is 1.42 bits per heavy atom. The molecule has 19 heavy (non-hydrogen) atoms. The number of nitrogens with zero attached hydrogens (tertiary/aromatic N) is 2. The molecule has 0 bridgehead atoms. The van der Waals surface area contributed by atoms with E-state index >= 15 is 0 Å². The van der Waals surface area contributed by atoms with E-state index in [0.717, 1.165) is 24.6 Å². The van der Waals surface area contributed by atoms with Crippen molar-refractivity contribution in [3.8, 4) is 0 Å². The zero-order valence-electron chi connectivity index (χ0n) is 12.4. The van der Waals surface area contributed by atoms with Crippen molar-refractivity contribution in [1.29, 1.82) is 0 Å². The number of halogens is 1. The Bertz CT molecular complexity index is 390. The number of aromatic nitrogens is 1. The molecule has 0 fully saturated rings. The molecule has 0 amide bonds. The van der Waals surface area contributed by atoms with Crippen LogP contribution in [0.4, 0.5) is 0 Å². The smallest absolute Gasteiger partial charge is 0.191 e. The lowest BCUT2D eigenvalue weighted by atomic mass is 10.2. The Labute approximate surface area is 137 Å². The summed E-state index contributed by atoms with van der Waals surface area (Å²) >= 11 is 1.72. The van der Waals surface area contributed by atoms with Crippen molar-refractivity contribution in [2.24, 2.45) is 4.99 Å². The van der Waals surface area contributed by atoms with Gasteiger partial charge in [-0.25, -0.2) is 4.98 Å². The summed E-state index contributed by atoms with van der Waals surface area (Å²) in [5, 5.41) is 9.92. The molecule has 1 atom stereocenters. The molecule has 1 aromatic heterocycles. The summed E-state index contributed by atoms with van der Waals surface area (Å²) in [4.78, 5) is 8.79. The highest BCUT2D eigenvalue weighted by Gasteiger charge is 2.07. The maximum absolute atomic E-state index is 4.59. The molecule has 0 saturated heterocycles. The van der Waals surface area contributed by atoms with Gasteiger partial charge < -0.3 is 10.6 Å². The third-order valence-electron chi connectivity index (χ3n) is 2.72. The van der Waals surface area contributed by atoms with Crippen molar-refractivity contribution in [3.63, 3.8) is 0 Å². The van der Waals surface area contributed by atoms with Crippen LogP contribution in [0.5, 0.6) is 0 Å². The third-order valence-corrected chi connectivity index (χ3v) is 3.91. The SMILES string of the molecule is CCC(C)NC(=NC)NCc1csc(C(C)C)n1.I. The predicted octanol–water partition coefficient (Wildman–Crippen LogP) is 3.35. The van der Waals surface area contributed by atoms with Gasteiger partial charge in [-0.15, -0.1) is 35.3 Å². The molecule has 110 valence electrons. The van der Waals surface area contributed by atoms with Crippen LogP contribution in [0.25, 0.3) is 0 Å². The second kappa shape index (κ2) is 9.52. The van der Waals surface area contributed by atoms with Crippen LogP contribution in [-0.4, -0.2) is 24.0 Å². The van der Waals surface area contributed by atoms with E-state index in [4.69, 9.17) is 0 Å². The molecule has 0 aliphatic carbocycles. The molecule has 1 unspecified atom stereocenters. The molecular weight excluding hydrogens is 371 g/mol. The first-order valence-electron chi connectivity index (χ1n) is 6.48. The van der Waals surface area contributed by atoms with Crippen molar-refractivity contribution >= 4 is 41.3 Å². The number of hydrogen-bond acceptors (Lipinski definition) is 3.